The van der Waals surface area contributed by atoms with Gasteiger partial charge in [-0.1, -0.05) is 5.92 Å². The summed E-state index contributed by atoms with van der Waals surface area (Å²) in [6.07, 6.45) is 6.70. The highest BCUT2D eigenvalue weighted by Gasteiger charge is 2.04. The van der Waals surface area contributed by atoms with Crippen LogP contribution in [-0.4, -0.2) is 23.1 Å². The van der Waals surface area contributed by atoms with Crippen LogP contribution < -0.4 is 10.1 Å². The Kier molecular flexibility index (Phi) is 4.20. The third kappa shape index (κ3) is 2.89. The van der Waals surface area contributed by atoms with Crippen molar-refractivity contribution < 1.29 is 4.74 Å². The van der Waals surface area contributed by atoms with Crippen molar-refractivity contribution in [2.45, 2.75) is 6.92 Å². The standard InChI is InChI=1S/C9H10BrN3O/c1-3-5-14-8-7(10)6-12-9(13-8)11-4-2/h1,6H,4-5H2,2H3,(H,11,12,13). The molecule has 74 valence electrons. The highest BCUT2D eigenvalue weighted by atomic mass is 79.9. The van der Waals surface area contributed by atoms with Crippen molar-refractivity contribution in [2.75, 3.05) is 18.5 Å². The zero-order valence-corrected chi connectivity index (χ0v) is 9.34. The zero-order chi connectivity index (χ0) is 10.4. The summed E-state index contributed by atoms with van der Waals surface area (Å²) in [4.78, 5) is 8.15. The number of halogens is 1. The summed E-state index contributed by atoms with van der Waals surface area (Å²) in [5, 5.41) is 2.98. The van der Waals surface area contributed by atoms with Crippen LogP contribution >= 0.6 is 15.9 Å². The number of hydrogen-bond donors (Lipinski definition) is 1. The summed E-state index contributed by atoms with van der Waals surface area (Å²) >= 11 is 3.27. The lowest BCUT2D eigenvalue weighted by atomic mass is 10.6. The van der Waals surface area contributed by atoms with Crippen molar-refractivity contribution in [1.29, 1.82) is 0 Å². The number of nitrogens with one attached hydrogen (secondary N) is 1. The molecule has 0 radical (unpaired) electrons. The molecule has 5 heteroatoms. The van der Waals surface area contributed by atoms with E-state index in [9.17, 15) is 0 Å². The van der Waals surface area contributed by atoms with Crippen LogP contribution in [0.25, 0.3) is 0 Å². The van der Waals surface area contributed by atoms with Gasteiger partial charge in [0.2, 0.25) is 11.8 Å². The molecule has 1 aromatic rings. The monoisotopic (exact) mass is 255 g/mol. The topological polar surface area (TPSA) is 47.0 Å². The summed E-state index contributed by atoms with van der Waals surface area (Å²) in [6.45, 7) is 2.92. The fourth-order valence-corrected chi connectivity index (χ4v) is 1.11. The second-order valence-electron chi connectivity index (χ2n) is 2.37. The minimum absolute atomic E-state index is 0.196. The molecule has 0 fully saturated rings. The number of hydrogen-bond acceptors (Lipinski definition) is 4. The van der Waals surface area contributed by atoms with E-state index in [1.165, 1.54) is 0 Å². The zero-order valence-electron chi connectivity index (χ0n) is 7.75. The third-order valence-corrected chi connectivity index (χ3v) is 1.88. The Morgan fingerprint density at radius 1 is 1.71 bits per heavy atom. The Hall–Kier alpha value is -1.28. The molecule has 0 saturated heterocycles. The Morgan fingerprint density at radius 3 is 3.14 bits per heavy atom. The first-order valence-corrected chi connectivity index (χ1v) is 4.90. The largest absolute Gasteiger partial charge is 0.464 e. The average Bonchev–Trinajstić information content (AvgIpc) is 2.19. The Bertz CT molecular complexity index is 348. The van der Waals surface area contributed by atoms with E-state index in [0.29, 0.717) is 16.3 Å². The molecular formula is C9H10BrN3O. The second kappa shape index (κ2) is 5.45. The van der Waals surface area contributed by atoms with Gasteiger partial charge in [-0.2, -0.15) is 4.98 Å². The van der Waals surface area contributed by atoms with Crippen molar-refractivity contribution in [3.63, 3.8) is 0 Å². The highest BCUT2D eigenvalue weighted by molar-refractivity contribution is 9.10. The highest BCUT2D eigenvalue weighted by Crippen LogP contribution is 2.22. The molecule has 1 rings (SSSR count). The molecule has 0 aliphatic rings. The van der Waals surface area contributed by atoms with Crippen molar-refractivity contribution in [1.82, 2.24) is 9.97 Å². The molecular weight excluding hydrogens is 246 g/mol. The van der Waals surface area contributed by atoms with Crippen LogP contribution in [0, 0.1) is 12.3 Å². The van der Waals surface area contributed by atoms with Gasteiger partial charge in [0.05, 0.1) is 10.7 Å². The smallest absolute Gasteiger partial charge is 0.233 e. The number of aromatic nitrogens is 2. The lowest BCUT2D eigenvalue weighted by molar-refractivity contribution is 0.352. The Morgan fingerprint density at radius 2 is 2.50 bits per heavy atom. The predicted octanol–water partition coefficient (Wildman–Crippen LogP) is 1.68. The van der Waals surface area contributed by atoms with E-state index in [2.05, 4.69) is 37.1 Å². The van der Waals surface area contributed by atoms with E-state index in [1.54, 1.807) is 6.20 Å². The molecule has 1 N–H and O–H groups in total. The van der Waals surface area contributed by atoms with E-state index in [1.807, 2.05) is 6.92 Å². The molecule has 0 bridgehead atoms. The maximum atomic E-state index is 5.20. The van der Waals surface area contributed by atoms with Crippen molar-refractivity contribution in [2.24, 2.45) is 0 Å². The lowest BCUT2D eigenvalue weighted by Crippen LogP contribution is -2.04. The summed E-state index contributed by atoms with van der Waals surface area (Å²) in [5.41, 5.74) is 0. The van der Waals surface area contributed by atoms with Crippen molar-refractivity contribution >= 4 is 21.9 Å². The summed E-state index contributed by atoms with van der Waals surface area (Å²) in [7, 11) is 0. The first kappa shape index (κ1) is 10.8. The minimum Gasteiger partial charge on any atom is -0.464 e. The first-order valence-electron chi connectivity index (χ1n) is 4.10. The van der Waals surface area contributed by atoms with Crippen LogP contribution in [0.5, 0.6) is 5.88 Å². The van der Waals surface area contributed by atoms with Gasteiger partial charge in [0, 0.05) is 6.54 Å². The third-order valence-electron chi connectivity index (χ3n) is 1.34. The molecule has 1 heterocycles. The van der Waals surface area contributed by atoms with Crippen LogP contribution in [0.2, 0.25) is 0 Å². The van der Waals surface area contributed by atoms with Gasteiger partial charge in [-0.25, -0.2) is 4.98 Å². The summed E-state index contributed by atoms with van der Waals surface area (Å²) in [6, 6.07) is 0. The van der Waals surface area contributed by atoms with Crippen molar-refractivity contribution in [3.05, 3.63) is 10.7 Å². The van der Waals surface area contributed by atoms with Gasteiger partial charge in [-0.3, -0.25) is 0 Å². The maximum absolute atomic E-state index is 5.20. The Balaban J connectivity index is 2.80. The number of ether oxygens (including phenoxy) is 1. The predicted molar refractivity (Wildman–Crippen MR) is 58.2 cm³/mol. The van der Waals surface area contributed by atoms with E-state index >= 15 is 0 Å². The second-order valence-corrected chi connectivity index (χ2v) is 3.22. The van der Waals surface area contributed by atoms with Gasteiger partial charge in [0.25, 0.3) is 0 Å². The number of rotatable bonds is 4. The average molecular weight is 256 g/mol. The normalized spacial score (nSPS) is 9.21. The molecule has 0 atom stereocenters. The molecule has 0 aliphatic heterocycles. The van der Waals surface area contributed by atoms with E-state index < -0.39 is 0 Å². The number of anilines is 1. The van der Waals surface area contributed by atoms with Crippen LogP contribution in [0.3, 0.4) is 0 Å². The van der Waals surface area contributed by atoms with Gasteiger partial charge < -0.3 is 10.1 Å². The van der Waals surface area contributed by atoms with Crippen LogP contribution in [0.4, 0.5) is 5.95 Å². The molecule has 14 heavy (non-hydrogen) atoms. The van der Waals surface area contributed by atoms with Crippen molar-refractivity contribution in [3.8, 4) is 18.2 Å². The van der Waals surface area contributed by atoms with Crippen LogP contribution in [0.15, 0.2) is 10.7 Å². The SMILES string of the molecule is C#CCOc1nc(NCC)ncc1Br. The molecule has 1 aromatic heterocycles. The molecule has 0 amide bonds. The minimum atomic E-state index is 0.196. The van der Waals surface area contributed by atoms with Gasteiger partial charge in [-0.05, 0) is 22.9 Å². The van der Waals surface area contributed by atoms with Gasteiger partial charge in [0.1, 0.15) is 0 Å². The summed E-state index contributed by atoms with van der Waals surface area (Å²) in [5.74, 6) is 3.35. The molecule has 4 nitrogen and oxygen atoms in total. The van der Waals surface area contributed by atoms with E-state index in [-0.39, 0.29) is 6.61 Å². The summed E-state index contributed by atoms with van der Waals surface area (Å²) < 4.78 is 5.89. The van der Waals surface area contributed by atoms with Gasteiger partial charge >= 0.3 is 0 Å². The van der Waals surface area contributed by atoms with Gasteiger partial charge in [0.15, 0.2) is 6.61 Å². The maximum Gasteiger partial charge on any atom is 0.233 e. The molecule has 0 aromatic carbocycles. The molecule has 0 saturated carbocycles. The van der Waals surface area contributed by atoms with E-state index in [4.69, 9.17) is 11.2 Å². The first-order chi connectivity index (χ1) is 6.77. The molecule has 0 unspecified atom stereocenters. The van der Waals surface area contributed by atoms with Crippen LogP contribution in [-0.2, 0) is 0 Å². The quantitative estimate of drug-likeness (QED) is 0.832. The molecule has 0 aliphatic carbocycles. The number of terminal acetylenes is 1. The van der Waals surface area contributed by atoms with Gasteiger partial charge in [-0.15, -0.1) is 6.42 Å². The van der Waals surface area contributed by atoms with E-state index in [0.717, 1.165) is 6.54 Å². The fraction of sp³-hybridized carbons (Fsp3) is 0.333. The Labute approximate surface area is 91.2 Å². The molecule has 0 spiro atoms. The van der Waals surface area contributed by atoms with Crippen LogP contribution in [0.1, 0.15) is 6.92 Å². The lowest BCUT2D eigenvalue weighted by Gasteiger charge is -2.06. The fourth-order valence-electron chi connectivity index (χ4n) is 0.806. The number of nitrogens with zero attached hydrogens (tertiary/aromatic N) is 2.